The van der Waals surface area contributed by atoms with Crippen molar-refractivity contribution < 1.29 is 27.2 Å². The smallest absolute Gasteiger partial charge is 0.445 e. The molecule has 2 atom stereocenters. The van der Waals surface area contributed by atoms with E-state index < -0.39 is 12.1 Å². The fraction of sp³-hybridized carbons (Fsp3) is 0.333. The molecule has 8 nitrogen and oxygen atoms in total. The van der Waals surface area contributed by atoms with E-state index in [-0.39, 0.29) is 30.6 Å². The standard InChI is InChI=1S/C21H18F3N5O3/c22-21(23,24)19-26-18(27-32-19)14-6-7-17(25-9-14)28-10-16-8-15(28)11-29(16)20(30)31-12-13-4-2-1-3-5-13/h1-7,9,15-16H,8,10-12H2. The van der Waals surface area contributed by atoms with Crippen LogP contribution in [0.4, 0.5) is 23.8 Å². The summed E-state index contributed by atoms with van der Waals surface area (Å²) in [7, 11) is 0. The van der Waals surface area contributed by atoms with Crippen LogP contribution in [0.5, 0.6) is 0 Å². The van der Waals surface area contributed by atoms with Crippen molar-refractivity contribution in [3.8, 4) is 11.4 Å². The summed E-state index contributed by atoms with van der Waals surface area (Å²) in [6.07, 6.45) is -2.80. The van der Waals surface area contributed by atoms with Gasteiger partial charge in [-0.2, -0.15) is 18.2 Å². The Morgan fingerprint density at radius 2 is 1.94 bits per heavy atom. The van der Waals surface area contributed by atoms with Crippen LogP contribution in [0.1, 0.15) is 17.9 Å². The van der Waals surface area contributed by atoms with Crippen molar-refractivity contribution in [2.75, 3.05) is 18.0 Å². The quantitative estimate of drug-likeness (QED) is 0.605. The number of halogens is 3. The first kappa shape index (κ1) is 20.3. The molecule has 0 N–H and O–H groups in total. The largest absolute Gasteiger partial charge is 0.471 e. The normalized spacial score (nSPS) is 20.1. The minimum atomic E-state index is -4.69. The van der Waals surface area contributed by atoms with E-state index >= 15 is 0 Å². The maximum atomic E-state index is 12.6. The van der Waals surface area contributed by atoms with Crippen LogP contribution in [0, 0.1) is 0 Å². The van der Waals surface area contributed by atoms with Gasteiger partial charge in [0.15, 0.2) is 0 Å². The lowest BCUT2D eigenvalue weighted by Gasteiger charge is -2.34. The van der Waals surface area contributed by atoms with Crippen LogP contribution in [0.3, 0.4) is 0 Å². The molecular formula is C21H18F3N5O3. The Hall–Kier alpha value is -3.63. The Bertz CT molecular complexity index is 1100. The number of anilines is 1. The Morgan fingerprint density at radius 1 is 1.12 bits per heavy atom. The first-order chi connectivity index (χ1) is 15.4. The second-order valence-corrected chi connectivity index (χ2v) is 7.71. The van der Waals surface area contributed by atoms with Crippen molar-refractivity contribution in [2.24, 2.45) is 0 Å². The van der Waals surface area contributed by atoms with Crippen LogP contribution in [0.2, 0.25) is 0 Å². The fourth-order valence-electron chi connectivity index (χ4n) is 4.12. The summed E-state index contributed by atoms with van der Waals surface area (Å²) in [4.78, 5) is 24.1. The maximum Gasteiger partial charge on any atom is 0.471 e. The Labute approximate surface area is 180 Å². The molecule has 5 rings (SSSR count). The second kappa shape index (κ2) is 7.81. The van der Waals surface area contributed by atoms with E-state index in [1.54, 1.807) is 17.0 Å². The lowest BCUT2D eigenvalue weighted by atomic mass is 10.2. The van der Waals surface area contributed by atoms with Crippen LogP contribution in [-0.2, 0) is 17.5 Å². The average Bonchev–Trinajstić information content (AvgIpc) is 3.54. The number of fused-ring (bicyclic) bond motifs is 2. The number of benzene rings is 1. The highest BCUT2D eigenvalue weighted by Crippen LogP contribution is 2.35. The number of carbonyl (C=O) groups excluding carboxylic acids is 1. The summed E-state index contributed by atoms with van der Waals surface area (Å²) in [6, 6.07) is 12.9. The predicted octanol–water partition coefficient (Wildman–Crippen LogP) is 3.75. The Morgan fingerprint density at radius 3 is 2.56 bits per heavy atom. The Balaban J connectivity index is 1.20. The van der Waals surface area contributed by atoms with Crippen LogP contribution < -0.4 is 4.90 Å². The van der Waals surface area contributed by atoms with Gasteiger partial charge >= 0.3 is 18.2 Å². The number of pyridine rings is 1. The van der Waals surface area contributed by atoms with Gasteiger partial charge in [-0.15, -0.1) is 0 Å². The molecule has 166 valence electrons. The van der Waals surface area contributed by atoms with E-state index in [4.69, 9.17) is 4.74 Å². The number of alkyl halides is 3. The summed E-state index contributed by atoms with van der Waals surface area (Å²) < 4.78 is 47.6. The van der Waals surface area contributed by atoms with Crippen molar-refractivity contribution in [1.29, 1.82) is 0 Å². The van der Waals surface area contributed by atoms with Crippen molar-refractivity contribution in [2.45, 2.75) is 31.3 Å². The highest BCUT2D eigenvalue weighted by atomic mass is 19.4. The third-order valence-corrected chi connectivity index (χ3v) is 5.65. The number of amides is 1. The molecule has 2 saturated heterocycles. The molecule has 11 heteroatoms. The molecule has 2 aromatic heterocycles. The molecule has 1 amide bonds. The predicted molar refractivity (Wildman–Crippen MR) is 105 cm³/mol. The van der Waals surface area contributed by atoms with Crippen LogP contribution in [0.25, 0.3) is 11.4 Å². The summed E-state index contributed by atoms with van der Waals surface area (Å²) in [5, 5.41) is 3.37. The molecule has 4 heterocycles. The third kappa shape index (κ3) is 3.85. The number of hydrogen-bond donors (Lipinski definition) is 0. The zero-order chi connectivity index (χ0) is 22.3. The van der Waals surface area contributed by atoms with Crippen molar-refractivity contribution in [3.05, 3.63) is 60.1 Å². The van der Waals surface area contributed by atoms with Gasteiger partial charge in [0.1, 0.15) is 12.4 Å². The average molecular weight is 445 g/mol. The summed E-state index contributed by atoms with van der Waals surface area (Å²) >= 11 is 0. The van der Waals surface area contributed by atoms with Gasteiger partial charge in [-0.3, -0.25) is 0 Å². The third-order valence-electron chi connectivity index (χ3n) is 5.65. The van der Waals surface area contributed by atoms with Gasteiger partial charge in [-0.1, -0.05) is 35.5 Å². The minimum absolute atomic E-state index is 0.0244. The molecule has 32 heavy (non-hydrogen) atoms. The molecule has 1 aromatic carbocycles. The molecule has 2 aliphatic heterocycles. The van der Waals surface area contributed by atoms with Crippen molar-refractivity contribution in [1.82, 2.24) is 20.0 Å². The van der Waals surface area contributed by atoms with Crippen LogP contribution >= 0.6 is 0 Å². The number of aromatic nitrogens is 3. The molecule has 0 aliphatic carbocycles. The number of piperazine rings is 1. The highest BCUT2D eigenvalue weighted by Gasteiger charge is 2.46. The van der Waals surface area contributed by atoms with Crippen LogP contribution in [-0.4, -0.2) is 51.3 Å². The van der Waals surface area contributed by atoms with E-state index in [1.807, 2.05) is 30.3 Å². The molecule has 0 spiro atoms. The molecule has 3 aromatic rings. The topological polar surface area (TPSA) is 84.6 Å². The summed E-state index contributed by atoms with van der Waals surface area (Å²) in [5.41, 5.74) is 1.25. The van der Waals surface area contributed by atoms with E-state index in [0.29, 0.717) is 24.5 Å². The summed E-state index contributed by atoms with van der Waals surface area (Å²) in [6.45, 7) is 1.37. The van der Waals surface area contributed by atoms with E-state index in [0.717, 1.165) is 12.0 Å². The van der Waals surface area contributed by atoms with E-state index in [2.05, 4.69) is 24.5 Å². The van der Waals surface area contributed by atoms with Gasteiger partial charge in [-0.25, -0.2) is 9.78 Å². The molecule has 2 fully saturated rings. The van der Waals surface area contributed by atoms with Crippen molar-refractivity contribution in [3.63, 3.8) is 0 Å². The number of carbonyl (C=O) groups is 1. The Kier molecular flexibility index (Phi) is 4.95. The van der Waals surface area contributed by atoms with Gasteiger partial charge < -0.3 is 19.1 Å². The monoisotopic (exact) mass is 445 g/mol. The SMILES string of the molecule is O=C(OCc1ccccc1)N1CC2CC1CN2c1ccc(-c2noc(C(F)(F)F)n2)cn1. The maximum absolute atomic E-state index is 12.6. The lowest BCUT2D eigenvalue weighted by Crippen LogP contribution is -2.49. The first-order valence-electron chi connectivity index (χ1n) is 10.00. The highest BCUT2D eigenvalue weighted by molar-refractivity contribution is 5.70. The molecular weight excluding hydrogens is 427 g/mol. The minimum Gasteiger partial charge on any atom is -0.445 e. The van der Waals surface area contributed by atoms with Gasteiger partial charge in [0.05, 0.1) is 12.1 Å². The number of likely N-dealkylation sites (tertiary alicyclic amines) is 1. The number of hydrogen-bond acceptors (Lipinski definition) is 7. The number of rotatable bonds is 4. The fourth-order valence-corrected chi connectivity index (χ4v) is 4.12. The van der Waals surface area contributed by atoms with Gasteiger partial charge in [0.2, 0.25) is 5.82 Å². The van der Waals surface area contributed by atoms with Crippen molar-refractivity contribution >= 4 is 11.9 Å². The van der Waals surface area contributed by atoms with Gasteiger partial charge in [0, 0.05) is 24.8 Å². The molecule has 2 bridgehead atoms. The van der Waals surface area contributed by atoms with E-state index in [9.17, 15) is 18.0 Å². The van der Waals surface area contributed by atoms with Crippen LogP contribution in [0.15, 0.2) is 53.2 Å². The molecule has 0 radical (unpaired) electrons. The zero-order valence-electron chi connectivity index (χ0n) is 16.7. The van der Waals surface area contributed by atoms with Gasteiger partial charge in [-0.05, 0) is 24.1 Å². The second-order valence-electron chi connectivity index (χ2n) is 7.71. The zero-order valence-corrected chi connectivity index (χ0v) is 16.7. The molecule has 2 unspecified atom stereocenters. The molecule has 0 saturated carbocycles. The molecule has 2 aliphatic rings. The van der Waals surface area contributed by atoms with Gasteiger partial charge in [0.25, 0.3) is 0 Å². The summed E-state index contributed by atoms with van der Waals surface area (Å²) in [5.74, 6) is -0.891. The van der Waals surface area contributed by atoms with E-state index in [1.165, 1.54) is 6.20 Å². The lowest BCUT2D eigenvalue weighted by molar-refractivity contribution is -0.159. The number of ether oxygens (including phenoxy) is 1. The number of nitrogens with zero attached hydrogens (tertiary/aromatic N) is 5. The first-order valence-corrected chi connectivity index (χ1v) is 10.00.